The Bertz CT molecular complexity index is 852. The lowest BCUT2D eigenvalue weighted by Gasteiger charge is -2.36. The highest BCUT2D eigenvalue weighted by Crippen LogP contribution is 2.48. The van der Waals surface area contributed by atoms with E-state index >= 15 is 0 Å². The first kappa shape index (κ1) is 20.5. The fourth-order valence-corrected chi connectivity index (χ4v) is 4.67. The predicted molar refractivity (Wildman–Crippen MR) is 114 cm³/mol. The molecule has 0 bridgehead atoms. The van der Waals surface area contributed by atoms with Crippen LogP contribution in [0.4, 0.5) is 9.59 Å². The van der Waals surface area contributed by atoms with Crippen molar-refractivity contribution in [2.45, 2.75) is 4.75 Å². The molecule has 0 radical (unpaired) electrons. The van der Waals surface area contributed by atoms with Crippen LogP contribution in [0.15, 0.2) is 91.0 Å². The fourth-order valence-electron chi connectivity index (χ4n) is 3.23. The Morgan fingerprint density at radius 1 is 0.828 bits per heavy atom. The van der Waals surface area contributed by atoms with Crippen molar-refractivity contribution < 1.29 is 19.4 Å². The maximum atomic E-state index is 12.0. The van der Waals surface area contributed by atoms with Gasteiger partial charge in [0.25, 0.3) is 0 Å². The Kier molecular flexibility index (Phi) is 6.57. The highest BCUT2D eigenvalue weighted by molar-refractivity contribution is 8.00. The topological polar surface area (TPSA) is 66.8 Å². The number of amides is 2. The largest absolute Gasteiger partial charge is 0.464 e. The Balaban J connectivity index is 2.17. The smallest absolute Gasteiger partial charge is 0.419 e. The molecule has 0 aliphatic rings. The van der Waals surface area contributed by atoms with Crippen molar-refractivity contribution in [3.63, 3.8) is 0 Å². The average Bonchev–Trinajstić information content (AvgIpc) is 2.78. The number of methoxy groups -OCH3 is 1. The molecule has 3 rings (SSSR count). The van der Waals surface area contributed by atoms with Crippen LogP contribution in [-0.4, -0.2) is 35.2 Å². The van der Waals surface area contributed by atoms with Crippen LogP contribution in [0, 0.1) is 0 Å². The molecule has 1 N–H and O–H groups in total. The SMILES string of the molecule is COC(=O)N(CSC(c1ccccc1)(c1ccccc1)c1ccccc1)C(=O)O. The minimum Gasteiger partial charge on any atom is -0.464 e. The van der Waals surface area contributed by atoms with Gasteiger partial charge in [0.2, 0.25) is 0 Å². The quantitative estimate of drug-likeness (QED) is 0.437. The van der Waals surface area contributed by atoms with Gasteiger partial charge in [-0.2, -0.15) is 0 Å². The maximum Gasteiger partial charge on any atom is 0.419 e. The number of carbonyl (C=O) groups excluding carboxylic acids is 1. The van der Waals surface area contributed by atoms with Gasteiger partial charge in [0.1, 0.15) is 0 Å². The standard InChI is InChI=1S/C23H21NO4S/c1-28-22(27)24(21(25)26)17-29-23(18-11-5-2-6-12-18,19-13-7-3-8-14-19)20-15-9-4-10-16-20/h2-16H,17H2,1H3,(H,25,26). The Labute approximate surface area is 173 Å². The third-order valence-electron chi connectivity index (χ3n) is 4.58. The van der Waals surface area contributed by atoms with Crippen molar-refractivity contribution in [3.8, 4) is 0 Å². The van der Waals surface area contributed by atoms with Crippen molar-refractivity contribution in [2.24, 2.45) is 0 Å². The first-order valence-corrected chi connectivity index (χ1v) is 9.97. The van der Waals surface area contributed by atoms with Crippen LogP contribution in [0.1, 0.15) is 16.7 Å². The number of hydrogen-bond acceptors (Lipinski definition) is 4. The second-order valence-electron chi connectivity index (χ2n) is 6.23. The average molecular weight is 407 g/mol. The summed E-state index contributed by atoms with van der Waals surface area (Å²) in [5.74, 6) is -0.0965. The zero-order valence-electron chi connectivity index (χ0n) is 15.9. The molecule has 0 aromatic heterocycles. The lowest BCUT2D eigenvalue weighted by atomic mass is 9.84. The molecule has 29 heavy (non-hydrogen) atoms. The monoisotopic (exact) mass is 407 g/mol. The van der Waals surface area contributed by atoms with E-state index in [-0.39, 0.29) is 5.88 Å². The molecule has 3 aromatic carbocycles. The van der Waals surface area contributed by atoms with Gasteiger partial charge in [-0.05, 0) is 16.7 Å². The molecule has 0 fully saturated rings. The summed E-state index contributed by atoms with van der Waals surface area (Å²) in [6, 6.07) is 29.6. The van der Waals surface area contributed by atoms with Gasteiger partial charge < -0.3 is 9.84 Å². The van der Waals surface area contributed by atoms with Crippen molar-refractivity contribution >= 4 is 23.9 Å². The number of carbonyl (C=O) groups is 2. The lowest BCUT2D eigenvalue weighted by Crippen LogP contribution is -2.38. The minimum atomic E-state index is -1.35. The lowest BCUT2D eigenvalue weighted by molar-refractivity contribution is 0.116. The van der Waals surface area contributed by atoms with Gasteiger partial charge in [0.15, 0.2) is 0 Å². The van der Waals surface area contributed by atoms with Gasteiger partial charge in [0.05, 0.1) is 17.7 Å². The number of hydrogen-bond donors (Lipinski definition) is 1. The van der Waals surface area contributed by atoms with Crippen LogP contribution in [0.25, 0.3) is 0 Å². The van der Waals surface area contributed by atoms with E-state index in [4.69, 9.17) is 0 Å². The zero-order valence-corrected chi connectivity index (χ0v) is 16.7. The third-order valence-corrected chi connectivity index (χ3v) is 6.10. The summed E-state index contributed by atoms with van der Waals surface area (Å²) in [5, 5.41) is 9.50. The van der Waals surface area contributed by atoms with Gasteiger partial charge in [-0.25, -0.2) is 14.5 Å². The molecule has 0 spiro atoms. The summed E-state index contributed by atoms with van der Waals surface area (Å²) in [6.07, 6.45) is -2.26. The first-order valence-electron chi connectivity index (χ1n) is 8.98. The van der Waals surface area contributed by atoms with Crippen LogP contribution in [0.3, 0.4) is 0 Å². The minimum absolute atomic E-state index is 0.0965. The van der Waals surface area contributed by atoms with Crippen LogP contribution >= 0.6 is 11.8 Å². The van der Waals surface area contributed by atoms with E-state index in [1.807, 2.05) is 91.0 Å². The molecule has 148 valence electrons. The van der Waals surface area contributed by atoms with E-state index in [0.717, 1.165) is 16.7 Å². The van der Waals surface area contributed by atoms with Crippen molar-refractivity contribution in [2.75, 3.05) is 13.0 Å². The number of imide groups is 1. The van der Waals surface area contributed by atoms with E-state index in [1.165, 1.54) is 18.9 Å². The molecule has 5 nitrogen and oxygen atoms in total. The molecule has 2 amide bonds. The molecule has 0 atom stereocenters. The van der Waals surface area contributed by atoms with E-state index in [1.54, 1.807) is 0 Å². The molecule has 0 unspecified atom stereocenters. The van der Waals surface area contributed by atoms with Crippen molar-refractivity contribution in [1.29, 1.82) is 0 Å². The highest BCUT2D eigenvalue weighted by Gasteiger charge is 2.38. The van der Waals surface area contributed by atoms with Gasteiger partial charge in [-0.15, -0.1) is 11.8 Å². The summed E-state index contributed by atoms with van der Waals surface area (Å²) in [7, 11) is 1.17. The normalized spacial score (nSPS) is 10.9. The first-order chi connectivity index (χ1) is 14.1. The molecule has 6 heteroatoms. The molecule has 0 saturated carbocycles. The number of carboxylic acid groups (broad SMARTS) is 1. The summed E-state index contributed by atoms with van der Waals surface area (Å²) >= 11 is 1.35. The molecule has 0 aliphatic carbocycles. The summed E-state index contributed by atoms with van der Waals surface area (Å²) in [4.78, 5) is 24.3. The summed E-state index contributed by atoms with van der Waals surface area (Å²) < 4.78 is 3.93. The van der Waals surface area contributed by atoms with Crippen LogP contribution in [-0.2, 0) is 9.48 Å². The van der Waals surface area contributed by atoms with Crippen LogP contribution < -0.4 is 0 Å². The molecule has 0 aliphatic heterocycles. The second-order valence-corrected chi connectivity index (χ2v) is 7.39. The Morgan fingerprint density at radius 3 is 1.52 bits per heavy atom. The van der Waals surface area contributed by atoms with E-state index in [9.17, 15) is 14.7 Å². The Morgan fingerprint density at radius 2 is 1.21 bits per heavy atom. The highest BCUT2D eigenvalue weighted by atomic mass is 32.2. The predicted octanol–water partition coefficient (Wildman–Crippen LogP) is 5.42. The van der Waals surface area contributed by atoms with E-state index in [0.29, 0.717) is 4.90 Å². The molecule has 0 saturated heterocycles. The summed E-state index contributed by atoms with van der Waals surface area (Å²) in [6.45, 7) is 0. The number of nitrogens with zero attached hydrogens (tertiary/aromatic N) is 1. The maximum absolute atomic E-state index is 12.0. The number of rotatable bonds is 6. The molecular weight excluding hydrogens is 386 g/mol. The van der Waals surface area contributed by atoms with Gasteiger partial charge in [-0.1, -0.05) is 91.0 Å². The summed E-state index contributed by atoms with van der Waals surface area (Å²) in [5.41, 5.74) is 2.95. The van der Waals surface area contributed by atoms with Gasteiger partial charge >= 0.3 is 12.2 Å². The molecule has 3 aromatic rings. The zero-order chi connectivity index (χ0) is 20.7. The number of ether oxygens (including phenoxy) is 1. The van der Waals surface area contributed by atoms with E-state index < -0.39 is 16.9 Å². The second kappa shape index (κ2) is 9.30. The van der Waals surface area contributed by atoms with Crippen LogP contribution in [0.5, 0.6) is 0 Å². The van der Waals surface area contributed by atoms with Crippen molar-refractivity contribution in [1.82, 2.24) is 4.90 Å². The Hall–Kier alpha value is -3.25. The fraction of sp³-hybridized carbons (Fsp3) is 0.130. The van der Waals surface area contributed by atoms with Crippen molar-refractivity contribution in [3.05, 3.63) is 108 Å². The third kappa shape index (κ3) is 4.27. The van der Waals surface area contributed by atoms with E-state index in [2.05, 4.69) is 4.74 Å². The van der Waals surface area contributed by atoms with Gasteiger partial charge in [-0.3, -0.25) is 0 Å². The van der Waals surface area contributed by atoms with Gasteiger partial charge in [0, 0.05) is 0 Å². The molecule has 0 heterocycles. The number of thioether (sulfide) groups is 1. The number of benzene rings is 3. The van der Waals surface area contributed by atoms with Crippen LogP contribution in [0.2, 0.25) is 0 Å². The molecular formula is C23H21NO4S.